The summed E-state index contributed by atoms with van der Waals surface area (Å²) in [4.78, 5) is 20.7. The van der Waals surface area contributed by atoms with E-state index >= 15 is 0 Å². The van der Waals surface area contributed by atoms with Crippen molar-refractivity contribution in [3.63, 3.8) is 0 Å². The minimum Gasteiger partial charge on any atom is -0.245 e. The van der Waals surface area contributed by atoms with Gasteiger partial charge in [-0.05, 0) is 52.2 Å². The minimum absolute atomic E-state index is 0.675. The molecule has 4 nitrogen and oxygen atoms in total. The fraction of sp³-hybridized carbons (Fsp3) is 0. The molecule has 0 aliphatic carbocycles. The van der Waals surface area contributed by atoms with E-state index in [2.05, 4.69) is 158 Å². The normalized spacial score (nSPS) is 11.5. The number of benzene rings is 7. The van der Waals surface area contributed by atoms with Gasteiger partial charge in [-0.15, -0.1) is 0 Å². The van der Waals surface area contributed by atoms with Gasteiger partial charge < -0.3 is 0 Å². The summed E-state index contributed by atoms with van der Waals surface area (Å²) in [7, 11) is 0. The quantitative estimate of drug-likeness (QED) is 0.172. The second-order valence-corrected chi connectivity index (χ2v) is 13.1. The van der Waals surface area contributed by atoms with Gasteiger partial charge in [-0.25, -0.2) is 19.9 Å². The van der Waals surface area contributed by atoms with Gasteiger partial charge in [0.1, 0.15) is 0 Å². The molecule has 0 amide bonds. The molecule has 3 aromatic heterocycles. The highest BCUT2D eigenvalue weighted by Gasteiger charge is 2.16. The molecule has 10 aromatic rings. The molecule has 7 aromatic carbocycles. The zero-order valence-electron chi connectivity index (χ0n) is 28.1. The van der Waals surface area contributed by atoms with Crippen LogP contribution in [-0.2, 0) is 0 Å². The van der Waals surface area contributed by atoms with Crippen molar-refractivity contribution in [3.8, 4) is 56.3 Å². The molecule has 4 heteroatoms. The molecule has 0 aliphatic heterocycles. The van der Waals surface area contributed by atoms with Crippen molar-refractivity contribution in [3.05, 3.63) is 182 Å². The lowest BCUT2D eigenvalue weighted by atomic mass is 9.96. The van der Waals surface area contributed by atoms with Crippen molar-refractivity contribution >= 4 is 43.5 Å². The molecular formula is C48H30N4. The topological polar surface area (TPSA) is 51.6 Å². The Morgan fingerprint density at radius 1 is 0.308 bits per heavy atom. The lowest BCUT2D eigenvalue weighted by Gasteiger charge is -2.13. The van der Waals surface area contributed by atoms with E-state index < -0.39 is 0 Å². The summed E-state index contributed by atoms with van der Waals surface area (Å²) in [5.74, 6) is 0.675. The number of fused-ring (bicyclic) bond motifs is 5. The fourth-order valence-electron chi connectivity index (χ4n) is 7.23. The van der Waals surface area contributed by atoms with E-state index in [1.165, 1.54) is 16.5 Å². The van der Waals surface area contributed by atoms with Crippen molar-refractivity contribution in [1.82, 2.24) is 19.9 Å². The molecule has 242 valence electrons. The van der Waals surface area contributed by atoms with Crippen LogP contribution < -0.4 is 0 Å². The lowest BCUT2D eigenvalue weighted by Crippen LogP contribution is -1.96. The van der Waals surface area contributed by atoms with E-state index in [0.29, 0.717) is 5.82 Å². The van der Waals surface area contributed by atoms with E-state index in [1.54, 1.807) is 0 Å². The fourth-order valence-corrected chi connectivity index (χ4v) is 7.23. The maximum absolute atomic E-state index is 5.29. The number of rotatable bonds is 5. The monoisotopic (exact) mass is 662 g/mol. The van der Waals surface area contributed by atoms with Gasteiger partial charge in [-0.3, -0.25) is 0 Å². The molecule has 0 N–H and O–H groups in total. The highest BCUT2D eigenvalue weighted by atomic mass is 14.9. The second-order valence-electron chi connectivity index (χ2n) is 13.1. The summed E-state index contributed by atoms with van der Waals surface area (Å²) in [6.07, 6.45) is 0. The SMILES string of the molecule is c1ccc(-c2ccc3c(-c4nc(-c5cccc(-c6ccc7ccc8ccc(-c9ccccc9)nc8c7n6)c5)nc5ccccc45)cccc3c2)cc1. The van der Waals surface area contributed by atoms with Crippen LogP contribution in [0.2, 0.25) is 0 Å². The number of nitrogens with zero attached hydrogens (tertiary/aromatic N) is 4. The van der Waals surface area contributed by atoms with Crippen LogP contribution in [0.5, 0.6) is 0 Å². The Morgan fingerprint density at radius 3 is 1.69 bits per heavy atom. The highest BCUT2D eigenvalue weighted by molar-refractivity contribution is 6.05. The zero-order valence-corrected chi connectivity index (χ0v) is 28.1. The number of aromatic nitrogens is 4. The van der Waals surface area contributed by atoms with Gasteiger partial charge >= 0.3 is 0 Å². The minimum atomic E-state index is 0.675. The standard InChI is InChI=1S/C48H30N4/c1-3-11-31(12-4-1)35-23-26-39-36(29-35)15-10-19-40(39)47-41-18-7-8-20-44(41)51-48(52-47)38-17-9-16-37(30-38)43-28-25-34-22-21-33-24-27-42(32-13-5-2-6-14-32)49-45(33)46(34)50-43/h1-30H. The van der Waals surface area contributed by atoms with Crippen LogP contribution in [0.15, 0.2) is 182 Å². The smallest absolute Gasteiger partial charge is 0.160 e. The van der Waals surface area contributed by atoms with Crippen LogP contribution in [0, 0.1) is 0 Å². The molecule has 0 atom stereocenters. The van der Waals surface area contributed by atoms with Crippen LogP contribution in [0.4, 0.5) is 0 Å². The largest absolute Gasteiger partial charge is 0.245 e. The van der Waals surface area contributed by atoms with Gasteiger partial charge in [0, 0.05) is 38.4 Å². The van der Waals surface area contributed by atoms with Crippen LogP contribution in [0.3, 0.4) is 0 Å². The molecule has 52 heavy (non-hydrogen) atoms. The molecule has 0 saturated heterocycles. The van der Waals surface area contributed by atoms with Crippen LogP contribution in [0.25, 0.3) is 99.8 Å². The zero-order chi connectivity index (χ0) is 34.4. The molecule has 0 bridgehead atoms. The molecule has 0 fully saturated rings. The average Bonchev–Trinajstić information content (AvgIpc) is 3.23. The number of para-hydroxylation sites is 1. The predicted octanol–water partition coefficient (Wildman–Crippen LogP) is 12.2. The van der Waals surface area contributed by atoms with Gasteiger partial charge in [-0.2, -0.15) is 0 Å². The summed E-state index contributed by atoms with van der Waals surface area (Å²) in [6.45, 7) is 0. The third-order valence-electron chi connectivity index (χ3n) is 9.85. The maximum atomic E-state index is 5.29. The second kappa shape index (κ2) is 12.4. The molecular weight excluding hydrogens is 633 g/mol. The number of hydrogen-bond donors (Lipinski definition) is 0. The van der Waals surface area contributed by atoms with E-state index in [1.807, 2.05) is 24.3 Å². The van der Waals surface area contributed by atoms with Gasteiger partial charge in [0.15, 0.2) is 5.82 Å². The van der Waals surface area contributed by atoms with Crippen LogP contribution >= 0.6 is 0 Å². The Hall–Kier alpha value is -7.04. The van der Waals surface area contributed by atoms with Crippen LogP contribution in [0.1, 0.15) is 0 Å². The van der Waals surface area contributed by atoms with Gasteiger partial charge in [0.25, 0.3) is 0 Å². The van der Waals surface area contributed by atoms with E-state index in [-0.39, 0.29) is 0 Å². The Morgan fingerprint density at radius 2 is 0.923 bits per heavy atom. The molecule has 0 aliphatic rings. The molecule has 0 radical (unpaired) electrons. The third kappa shape index (κ3) is 5.26. The first-order valence-corrected chi connectivity index (χ1v) is 17.5. The summed E-state index contributed by atoms with van der Waals surface area (Å²) in [5, 5.41) is 5.46. The first-order chi connectivity index (χ1) is 25.7. The van der Waals surface area contributed by atoms with E-state index in [4.69, 9.17) is 19.9 Å². The Kier molecular flexibility index (Phi) is 7.10. The Bertz CT molecular complexity index is 2960. The van der Waals surface area contributed by atoms with Crippen molar-refractivity contribution in [2.75, 3.05) is 0 Å². The average molecular weight is 663 g/mol. The summed E-state index contributed by atoms with van der Waals surface area (Å²) < 4.78 is 0. The van der Waals surface area contributed by atoms with Crippen LogP contribution in [-0.4, -0.2) is 19.9 Å². The van der Waals surface area contributed by atoms with Crippen molar-refractivity contribution in [2.45, 2.75) is 0 Å². The highest BCUT2D eigenvalue weighted by Crippen LogP contribution is 2.36. The summed E-state index contributed by atoms with van der Waals surface area (Å²) >= 11 is 0. The van der Waals surface area contributed by atoms with Crippen molar-refractivity contribution < 1.29 is 0 Å². The molecule has 0 unspecified atom stereocenters. The van der Waals surface area contributed by atoms with E-state index in [9.17, 15) is 0 Å². The first kappa shape index (κ1) is 29.8. The molecule has 0 saturated carbocycles. The van der Waals surface area contributed by atoms with E-state index in [0.717, 1.165) is 77.4 Å². The summed E-state index contributed by atoms with van der Waals surface area (Å²) in [5.41, 5.74) is 11.9. The lowest BCUT2D eigenvalue weighted by molar-refractivity contribution is 1.23. The van der Waals surface area contributed by atoms with Gasteiger partial charge in [0.05, 0.1) is 33.6 Å². The predicted molar refractivity (Wildman–Crippen MR) is 215 cm³/mol. The van der Waals surface area contributed by atoms with Crippen molar-refractivity contribution in [2.24, 2.45) is 0 Å². The maximum Gasteiger partial charge on any atom is 0.160 e. The Balaban J connectivity index is 1.09. The van der Waals surface area contributed by atoms with Crippen molar-refractivity contribution in [1.29, 1.82) is 0 Å². The number of hydrogen-bond acceptors (Lipinski definition) is 4. The van der Waals surface area contributed by atoms with Gasteiger partial charge in [0.2, 0.25) is 0 Å². The third-order valence-corrected chi connectivity index (χ3v) is 9.85. The first-order valence-electron chi connectivity index (χ1n) is 17.5. The Labute approximate surface area is 300 Å². The number of pyridine rings is 2. The molecule has 3 heterocycles. The van der Waals surface area contributed by atoms with Gasteiger partial charge in [-0.1, -0.05) is 152 Å². The summed E-state index contributed by atoms with van der Waals surface area (Å²) in [6, 6.07) is 63.3. The molecule has 10 rings (SSSR count). The molecule has 0 spiro atoms.